The van der Waals surface area contributed by atoms with E-state index in [1.807, 2.05) is 0 Å². The Kier molecular flexibility index (Phi) is 5.09. The number of nitrogens with two attached hydrogens (primary N) is 1. The molecular weight excluding hydrogens is 298 g/mol. The van der Waals surface area contributed by atoms with Gasteiger partial charge in [0.2, 0.25) is 0 Å². The number of hydrogen-bond acceptors (Lipinski definition) is 7. The summed E-state index contributed by atoms with van der Waals surface area (Å²) in [6.07, 6.45) is -6.66. The van der Waals surface area contributed by atoms with Crippen molar-refractivity contribution in [1.29, 1.82) is 0 Å². The minimum Gasteiger partial charge on any atom is -0.482 e. The summed E-state index contributed by atoms with van der Waals surface area (Å²) in [4.78, 5) is 0.0973. The molecule has 1 aromatic carbocycles. The Hall–Kier alpha value is -1.29. The number of rotatable bonds is 4. The normalized spacial score (nSPS) is 32.7. The molecule has 21 heavy (non-hydrogen) atoms. The number of aliphatic hydroxyl groups excluding tert-OH is 4. The summed E-state index contributed by atoms with van der Waals surface area (Å²) >= 11 is 4.90. The van der Waals surface area contributed by atoms with E-state index >= 15 is 0 Å². The molecule has 1 heterocycles. The standard InChI is InChI=1S/C13H17NO6S/c14-12(21)6-3-1-2-4-7(6)19-11-10(17)9(16)8(5-15)20-13(11)18/h1-4,8-11,13,15-18H,5H2,(H2,14,21)/t8-,9-,10+,11-,13+/m1/s1. The molecule has 1 aliphatic heterocycles. The van der Waals surface area contributed by atoms with E-state index in [0.717, 1.165) is 0 Å². The molecule has 0 spiro atoms. The molecule has 0 amide bonds. The topological polar surface area (TPSA) is 125 Å². The van der Waals surface area contributed by atoms with Crippen LogP contribution in [0.1, 0.15) is 5.56 Å². The van der Waals surface area contributed by atoms with Crippen LogP contribution in [0, 0.1) is 0 Å². The zero-order chi connectivity index (χ0) is 15.6. The Labute approximate surface area is 126 Å². The minimum atomic E-state index is -1.51. The SMILES string of the molecule is NC(=S)c1ccccc1O[C@@H]1[C@@H](O)[C@H](O)[C@@H](CO)O[C@@H]1O. The summed E-state index contributed by atoms with van der Waals surface area (Å²) in [5.41, 5.74) is 6.01. The molecule has 1 aromatic rings. The van der Waals surface area contributed by atoms with Gasteiger partial charge in [-0.15, -0.1) is 0 Å². The van der Waals surface area contributed by atoms with Gasteiger partial charge in [0.25, 0.3) is 0 Å². The first kappa shape index (κ1) is 16.1. The van der Waals surface area contributed by atoms with Gasteiger partial charge in [-0.25, -0.2) is 0 Å². The third kappa shape index (κ3) is 3.31. The number of aliphatic hydroxyl groups is 4. The van der Waals surface area contributed by atoms with E-state index in [0.29, 0.717) is 5.56 Å². The van der Waals surface area contributed by atoms with Crippen LogP contribution in [0.15, 0.2) is 24.3 Å². The molecule has 116 valence electrons. The van der Waals surface area contributed by atoms with Crippen LogP contribution in [-0.2, 0) is 4.74 Å². The molecule has 7 nitrogen and oxygen atoms in total. The Balaban J connectivity index is 2.21. The van der Waals surface area contributed by atoms with E-state index in [-0.39, 0.29) is 10.7 Å². The first-order chi connectivity index (χ1) is 9.95. The molecular formula is C13H17NO6S. The molecule has 1 aliphatic rings. The second-order valence-corrected chi connectivity index (χ2v) is 5.11. The number of hydrogen-bond donors (Lipinski definition) is 5. The van der Waals surface area contributed by atoms with E-state index in [1.54, 1.807) is 24.3 Å². The van der Waals surface area contributed by atoms with Gasteiger partial charge < -0.3 is 35.6 Å². The van der Waals surface area contributed by atoms with Crippen molar-refractivity contribution in [3.63, 3.8) is 0 Å². The van der Waals surface area contributed by atoms with E-state index in [4.69, 9.17) is 32.5 Å². The fourth-order valence-electron chi connectivity index (χ4n) is 2.12. The zero-order valence-corrected chi connectivity index (χ0v) is 11.8. The van der Waals surface area contributed by atoms with Crippen molar-refractivity contribution in [2.45, 2.75) is 30.7 Å². The minimum absolute atomic E-state index is 0.0973. The molecule has 0 aromatic heterocycles. The zero-order valence-electron chi connectivity index (χ0n) is 11.0. The van der Waals surface area contributed by atoms with Gasteiger partial charge in [-0.2, -0.15) is 0 Å². The first-order valence-corrected chi connectivity index (χ1v) is 6.72. The molecule has 0 radical (unpaired) electrons. The van der Waals surface area contributed by atoms with Gasteiger partial charge in [-0.1, -0.05) is 24.4 Å². The molecule has 0 unspecified atom stereocenters. The molecule has 5 atom stereocenters. The van der Waals surface area contributed by atoms with Gasteiger partial charge in [-0.05, 0) is 12.1 Å². The fraction of sp³-hybridized carbons (Fsp3) is 0.462. The maximum Gasteiger partial charge on any atom is 0.195 e. The third-order valence-electron chi connectivity index (χ3n) is 3.26. The lowest BCUT2D eigenvalue weighted by Crippen LogP contribution is -2.60. The lowest BCUT2D eigenvalue weighted by atomic mass is 9.99. The quantitative estimate of drug-likeness (QED) is 0.425. The van der Waals surface area contributed by atoms with Crippen LogP contribution < -0.4 is 10.5 Å². The molecule has 1 saturated heterocycles. The van der Waals surface area contributed by atoms with Crippen LogP contribution in [0.25, 0.3) is 0 Å². The van der Waals surface area contributed by atoms with E-state index in [1.165, 1.54) is 0 Å². The highest BCUT2D eigenvalue weighted by Crippen LogP contribution is 2.26. The predicted molar refractivity (Wildman–Crippen MR) is 76.7 cm³/mol. The Bertz CT molecular complexity index is 513. The molecule has 0 saturated carbocycles. The lowest BCUT2D eigenvalue weighted by molar-refractivity contribution is -0.280. The van der Waals surface area contributed by atoms with Crippen LogP contribution in [0.5, 0.6) is 5.75 Å². The number of para-hydroxylation sites is 1. The third-order valence-corrected chi connectivity index (χ3v) is 3.48. The Morgan fingerprint density at radius 1 is 1.24 bits per heavy atom. The second kappa shape index (κ2) is 6.65. The number of ether oxygens (including phenoxy) is 2. The summed E-state index contributed by atoms with van der Waals surface area (Å²) in [5.74, 6) is 0.256. The number of thiocarbonyl (C=S) groups is 1. The summed E-state index contributed by atoms with van der Waals surface area (Å²) < 4.78 is 10.5. The highest BCUT2D eigenvalue weighted by Gasteiger charge is 2.45. The average molecular weight is 315 g/mol. The van der Waals surface area contributed by atoms with Crippen LogP contribution >= 0.6 is 12.2 Å². The number of benzene rings is 1. The second-order valence-electron chi connectivity index (χ2n) is 4.67. The summed E-state index contributed by atoms with van der Waals surface area (Å²) in [6.45, 7) is -0.536. The van der Waals surface area contributed by atoms with Gasteiger partial charge in [0.1, 0.15) is 29.0 Å². The molecule has 8 heteroatoms. The van der Waals surface area contributed by atoms with Crippen molar-refractivity contribution < 1.29 is 29.9 Å². The van der Waals surface area contributed by atoms with E-state index < -0.39 is 37.3 Å². The Morgan fingerprint density at radius 2 is 1.90 bits per heavy atom. The van der Waals surface area contributed by atoms with Gasteiger partial charge in [-0.3, -0.25) is 0 Å². The van der Waals surface area contributed by atoms with Gasteiger partial charge in [0.15, 0.2) is 12.4 Å². The maximum absolute atomic E-state index is 10.0. The molecule has 1 fully saturated rings. The van der Waals surface area contributed by atoms with Crippen molar-refractivity contribution >= 4 is 17.2 Å². The predicted octanol–water partition coefficient (Wildman–Crippen LogP) is -1.50. The lowest BCUT2D eigenvalue weighted by Gasteiger charge is -2.40. The van der Waals surface area contributed by atoms with Crippen molar-refractivity contribution in [3.05, 3.63) is 29.8 Å². The summed E-state index contributed by atoms with van der Waals surface area (Å²) in [5, 5.41) is 38.7. The summed E-state index contributed by atoms with van der Waals surface area (Å²) in [7, 11) is 0. The average Bonchev–Trinajstić information content (AvgIpc) is 2.47. The van der Waals surface area contributed by atoms with E-state index in [9.17, 15) is 15.3 Å². The van der Waals surface area contributed by atoms with Crippen LogP contribution in [-0.4, -0.2) is 62.7 Å². The summed E-state index contributed by atoms with van der Waals surface area (Å²) in [6, 6.07) is 6.58. The van der Waals surface area contributed by atoms with Crippen molar-refractivity contribution in [1.82, 2.24) is 0 Å². The monoisotopic (exact) mass is 315 g/mol. The van der Waals surface area contributed by atoms with Crippen molar-refractivity contribution in [2.24, 2.45) is 5.73 Å². The van der Waals surface area contributed by atoms with Crippen LogP contribution in [0.4, 0.5) is 0 Å². The smallest absolute Gasteiger partial charge is 0.195 e. The van der Waals surface area contributed by atoms with Crippen LogP contribution in [0.2, 0.25) is 0 Å². The largest absolute Gasteiger partial charge is 0.482 e. The molecule has 0 aliphatic carbocycles. The fourth-order valence-corrected chi connectivity index (χ4v) is 2.29. The van der Waals surface area contributed by atoms with E-state index in [2.05, 4.69) is 0 Å². The van der Waals surface area contributed by atoms with Gasteiger partial charge >= 0.3 is 0 Å². The molecule has 2 rings (SSSR count). The molecule has 0 bridgehead atoms. The van der Waals surface area contributed by atoms with Gasteiger partial charge in [0.05, 0.1) is 12.2 Å². The maximum atomic E-state index is 10.0. The highest BCUT2D eigenvalue weighted by molar-refractivity contribution is 7.80. The highest BCUT2D eigenvalue weighted by atomic mass is 32.1. The first-order valence-electron chi connectivity index (χ1n) is 6.31. The van der Waals surface area contributed by atoms with Crippen molar-refractivity contribution in [2.75, 3.05) is 6.61 Å². The molecule has 6 N–H and O–H groups in total. The Morgan fingerprint density at radius 3 is 2.52 bits per heavy atom. The van der Waals surface area contributed by atoms with Gasteiger partial charge in [0, 0.05) is 0 Å². The van der Waals surface area contributed by atoms with Crippen LogP contribution in [0.3, 0.4) is 0 Å². The van der Waals surface area contributed by atoms with Crippen molar-refractivity contribution in [3.8, 4) is 5.75 Å².